The summed E-state index contributed by atoms with van der Waals surface area (Å²) < 4.78 is 4.98. The van der Waals surface area contributed by atoms with Gasteiger partial charge in [-0.3, -0.25) is 0 Å². The molecule has 1 rings (SSSR count). The van der Waals surface area contributed by atoms with Crippen molar-refractivity contribution in [1.82, 2.24) is 5.32 Å². The van der Waals surface area contributed by atoms with Gasteiger partial charge in [0, 0.05) is 20.3 Å². The topological polar surface area (TPSA) is 41.5 Å². The fourth-order valence-corrected chi connectivity index (χ4v) is 2.23. The Morgan fingerprint density at radius 3 is 2.47 bits per heavy atom. The maximum atomic E-state index is 10.3. The highest BCUT2D eigenvalue weighted by Gasteiger charge is 2.26. The third-order valence-corrected chi connectivity index (χ3v) is 3.19. The van der Waals surface area contributed by atoms with Crippen LogP contribution >= 0.6 is 0 Å². The van der Waals surface area contributed by atoms with Crippen molar-refractivity contribution in [2.75, 3.05) is 26.8 Å². The number of rotatable bonds is 6. The second-order valence-corrected chi connectivity index (χ2v) is 4.66. The van der Waals surface area contributed by atoms with Gasteiger partial charge in [-0.2, -0.15) is 0 Å². The fraction of sp³-hybridized carbons (Fsp3) is 1.00. The molecular weight excluding hydrogens is 190 g/mol. The van der Waals surface area contributed by atoms with Gasteiger partial charge in [-0.25, -0.2) is 0 Å². The number of nitrogens with one attached hydrogen (secondary N) is 1. The first-order valence-corrected chi connectivity index (χ1v) is 6.19. The molecule has 0 aromatic carbocycles. The van der Waals surface area contributed by atoms with Crippen LogP contribution in [0.4, 0.5) is 0 Å². The van der Waals surface area contributed by atoms with Crippen LogP contribution in [0, 0.1) is 0 Å². The normalized spacial score (nSPS) is 21.2. The van der Waals surface area contributed by atoms with Crippen molar-refractivity contribution in [3.63, 3.8) is 0 Å². The Morgan fingerprint density at radius 1 is 1.20 bits per heavy atom. The van der Waals surface area contributed by atoms with Gasteiger partial charge in [-0.1, -0.05) is 25.7 Å². The second-order valence-electron chi connectivity index (χ2n) is 4.66. The Hall–Kier alpha value is -0.120. The average Bonchev–Trinajstić information content (AvgIpc) is 2.43. The lowest BCUT2D eigenvalue weighted by Crippen LogP contribution is -2.40. The van der Waals surface area contributed by atoms with E-state index >= 15 is 0 Å². The highest BCUT2D eigenvalue weighted by Crippen LogP contribution is 2.26. The monoisotopic (exact) mass is 215 g/mol. The molecule has 0 amide bonds. The lowest BCUT2D eigenvalue weighted by atomic mass is 9.94. The van der Waals surface area contributed by atoms with Gasteiger partial charge in [0.1, 0.15) is 0 Å². The van der Waals surface area contributed by atoms with Crippen molar-refractivity contribution in [1.29, 1.82) is 0 Å². The Labute approximate surface area is 93.2 Å². The van der Waals surface area contributed by atoms with Gasteiger partial charge >= 0.3 is 0 Å². The van der Waals surface area contributed by atoms with Gasteiger partial charge < -0.3 is 15.2 Å². The summed E-state index contributed by atoms with van der Waals surface area (Å²) in [5.74, 6) is 0. The third-order valence-electron chi connectivity index (χ3n) is 3.19. The summed E-state index contributed by atoms with van der Waals surface area (Å²) in [5, 5.41) is 13.6. The van der Waals surface area contributed by atoms with E-state index in [1.807, 2.05) is 0 Å². The Kier molecular flexibility index (Phi) is 6.22. The first-order valence-electron chi connectivity index (χ1n) is 6.19. The molecule has 0 unspecified atom stereocenters. The van der Waals surface area contributed by atoms with Gasteiger partial charge in [-0.05, 0) is 25.8 Å². The van der Waals surface area contributed by atoms with Crippen LogP contribution in [0.15, 0.2) is 0 Å². The molecule has 0 bridgehead atoms. The molecule has 0 atom stereocenters. The molecule has 3 heteroatoms. The zero-order chi connectivity index (χ0) is 11.0. The zero-order valence-corrected chi connectivity index (χ0v) is 9.93. The predicted molar refractivity (Wildman–Crippen MR) is 62.0 cm³/mol. The van der Waals surface area contributed by atoms with E-state index in [9.17, 15) is 5.11 Å². The number of methoxy groups -OCH3 is 1. The summed E-state index contributed by atoms with van der Waals surface area (Å²) in [7, 11) is 1.72. The summed E-state index contributed by atoms with van der Waals surface area (Å²) in [6, 6.07) is 0. The number of hydrogen-bond acceptors (Lipinski definition) is 3. The molecule has 1 saturated carbocycles. The van der Waals surface area contributed by atoms with Crippen molar-refractivity contribution in [3.8, 4) is 0 Å². The van der Waals surface area contributed by atoms with E-state index in [0.717, 1.165) is 39.0 Å². The number of ether oxygens (including phenoxy) is 1. The summed E-state index contributed by atoms with van der Waals surface area (Å²) in [4.78, 5) is 0. The van der Waals surface area contributed by atoms with Gasteiger partial charge in [0.05, 0.1) is 5.60 Å². The van der Waals surface area contributed by atoms with E-state index in [1.165, 1.54) is 25.7 Å². The zero-order valence-electron chi connectivity index (χ0n) is 9.93. The van der Waals surface area contributed by atoms with Crippen LogP contribution in [0.3, 0.4) is 0 Å². The first-order chi connectivity index (χ1) is 7.27. The number of aliphatic hydroxyl groups is 1. The van der Waals surface area contributed by atoms with Crippen LogP contribution in [0.5, 0.6) is 0 Å². The summed E-state index contributed by atoms with van der Waals surface area (Å²) in [6.45, 7) is 2.48. The van der Waals surface area contributed by atoms with Crippen LogP contribution in [0.1, 0.15) is 44.9 Å². The largest absolute Gasteiger partial charge is 0.389 e. The first kappa shape index (κ1) is 12.9. The standard InChI is InChI=1S/C12H25NO2/c1-15-10-6-9-13-11-12(14)7-4-2-3-5-8-12/h13-14H,2-11H2,1H3. The van der Waals surface area contributed by atoms with Crippen molar-refractivity contribution in [2.45, 2.75) is 50.5 Å². The molecule has 0 aliphatic heterocycles. The van der Waals surface area contributed by atoms with Crippen LogP contribution < -0.4 is 5.32 Å². The van der Waals surface area contributed by atoms with E-state index in [2.05, 4.69) is 5.32 Å². The second kappa shape index (κ2) is 7.20. The minimum atomic E-state index is -0.441. The van der Waals surface area contributed by atoms with E-state index < -0.39 is 5.60 Å². The lowest BCUT2D eigenvalue weighted by molar-refractivity contribution is 0.0250. The van der Waals surface area contributed by atoms with Crippen molar-refractivity contribution in [3.05, 3.63) is 0 Å². The molecule has 90 valence electrons. The highest BCUT2D eigenvalue weighted by atomic mass is 16.5. The minimum Gasteiger partial charge on any atom is -0.389 e. The molecule has 0 radical (unpaired) electrons. The SMILES string of the molecule is COCCCNCC1(O)CCCCCC1. The fourth-order valence-electron chi connectivity index (χ4n) is 2.23. The third kappa shape index (κ3) is 5.50. The molecule has 15 heavy (non-hydrogen) atoms. The van der Waals surface area contributed by atoms with E-state index in [4.69, 9.17) is 4.74 Å². The molecule has 0 spiro atoms. The van der Waals surface area contributed by atoms with Crippen LogP contribution in [-0.2, 0) is 4.74 Å². The van der Waals surface area contributed by atoms with E-state index in [0.29, 0.717) is 0 Å². The van der Waals surface area contributed by atoms with Gasteiger partial charge in [-0.15, -0.1) is 0 Å². The average molecular weight is 215 g/mol. The van der Waals surface area contributed by atoms with Gasteiger partial charge in [0.2, 0.25) is 0 Å². The van der Waals surface area contributed by atoms with E-state index in [1.54, 1.807) is 7.11 Å². The molecule has 2 N–H and O–H groups in total. The van der Waals surface area contributed by atoms with Crippen molar-refractivity contribution < 1.29 is 9.84 Å². The van der Waals surface area contributed by atoms with Gasteiger partial charge in [0.25, 0.3) is 0 Å². The lowest BCUT2D eigenvalue weighted by Gasteiger charge is -2.26. The number of hydrogen-bond donors (Lipinski definition) is 2. The molecule has 1 aliphatic rings. The highest BCUT2D eigenvalue weighted by molar-refractivity contribution is 4.82. The molecule has 0 heterocycles. The molecule has 0 aromatic heterocycles. The van der Waals surface area contributed by atoms with Gasteiger partial charge in [0.15, 0.2) is 0 Å². The molecule has 3 nitrogen and oxygen atoms in total. The van der Waals surface area contributed by atoms with Crippen LogP contribution in [-0.4, -0.2) is 37.5 Å². The Balaban J connectivity index is 2.11. The Morgan fingerprint density at radius 2 is 1.87 bits per heavy atom. The molecule has 0 saturated heterocycles. The van der Waals surface area contributed by atoms with Crippen molar-refractivity contribution in [2.24, 2.45) is 0 Å². The maximum absolute atomic E-state index is 10.3. The Bertz CT molecular complexity index is 154. The molecular formula is C12H25NO2. The molecule has 1 aliphatic carbocycles. The summed E-state index contributed by atoms with van der Waals surface area (Å²) in [5.41, 5.74) is -0.441. The maximum Gasteiger partial charge on any atom is 0.0771 e. The summed E-state index contributed by atoms with van der Waals surface area (Å²) in [6.07, 6.45) is 7.87. The van der Waals surface area contributed by atoms with Crippen LogP contribution in [0.2, 0.25) is 0 Å². The quantitative estimate of drug-likeness (QED) is 0.523. The molecule has 1 fully saturated rings. The smallest absolute Gasteiger partial charge is 0.0771 e. The van der Waals surface area contributed by atoms with Crippen molar-refractivity contribution >= 4 is 0 Å². The minimum absolute atomic E-state index is 0.441. The molecule has 0 aromatic rings. The predicted octanol–water partition coefficient (Wildman–Crippen LogP) is 1.70. The van der Waals surface area contributed by atoms with Crippen LogP contribution in [0.25, 0.3) is 0 Å². The van der Waals surface area contributed by atoms with E-state index in [-0.39, 0.29) is 0 Å². The summed E-state index contributed by atoms with van der Waals surface area (Å²) >= 11 is 0.